The van der Waals surface area contributed by atoms with Gasteiger partial charge < -0.3 is 9.80 Å². The zero-order valence-electron chi connectivity index (χ0n) is 13.1. The number of aryl methyl sites for hydroxylation is 1. The van der Waals surface area contributed by atoms with E-state index in [1.54, 1.807) is 51.2 Å². The lowest BCUT2D eigenvalue weighted by Crippen LogP contribution is -2.48. The number of aromatic nitrogens is 1. The Labute approximate surface area is 139 Å². The maximum Gasteiger partial charge on any atom is 0.248 e. The highest BCUT2D eigenvalue weighted by Gasteiger charge is 2.35. The quantitative estimate of drug-likeness (QED) is 0.772. The molecule has 2 heterocycles. The van der Waals surface area contributed by atoms with Gasteiger partial charge in [0.15, 0.2) is 0 Å². The fourth-order valence-corrected chi connectivity index (χ4v) is 4.16. The molecular weight excluding hydrogens is 318 g/mol. The van der Waals surface area contributed by atoms with E-state index in [0.717, 1.165) is 9.88 Å². The number of carbonyl (C=O) groups excluding carboxylic acids is 2. The Balaban J connectivity index is 2.04. The minimum absolute atomic E-state index is 0.0467. The van der Waals surface area contributed by atoms with Crippen molar-refractivity contribution in [2.75, 3.05) is 24.7 Å². The van der Waals surface area contributed by atoms with Crippen LogP contribution in [-0.2, 0) is 9.59 Å². The van der Waals surface area contributed by atoms with Gasteiger partial charge in [-0.3, -0.25) is 9.59 Å². The molecule has 1 aromatic rings. The fraction of sp³-hybridized carbons (Fsp3) is 0.533. The lowest BCUT2D eigenvalue weighted by molar-refractivity contribution is -0.140. The first-order valence-electron chi connectivity index (χ1n) is 7.34. The molecule has 22 heavy (non-hydrogen) atoms. The van der Waals surface area contributed by atoms with Crippen LogP contribution in [0.3, 0.4) is 0 Å². The second-order valence-corrected chi connectivity index (χ2v) is 7.22. The van der Waals surface area contributed by atoms with Crippen LogP contribution >= 0.6 is 23.1 Å². The Morgan fingerprint density at radius 2 is 2.18 bits per heavy atom. The molecule has 0 aliphatic carbocycles. The summed E-state index contributed by atoms with van der Waals surface area (Å²) in [7, 11) is 0. The summed E-state index contributed by atoms with van der Waals surface area (Å²) in [5.41, 5.74) is 0. The summed E-state index contributed by atoms with van der Waals surface area (Å²) in [6.07, 6.45) is 5.07. The third-order valence-corrected chi connectivity index (χ3v) is 5.45. The number of carbonyl (C=O) groups is 2. The van der Waals surface area contributed by atoms with Gasteiger partial charge in [-0.1, -0.05) is 0 Å². The van der Waals surface area contributed by atoms with E-state index in [1.165, 1.54) is 0 Å². The molecule has 1 unspecified atom stereocenters. The summed E-state index contributed by atoms with van der Waals surface area (Å²) >= 11 is 3.17. The number of thioether (sulfide) groups is 1. The van der Waals surface area contributed by atoms with E-state index < -0.39 is 0 Å². The smallest absolute Gasteiger partial charge is 0.248 e. The van der Waals surface area contributed by atoms with Crippen molar-refractivity contribution in [1.29, 1.82) is 0 Å². The van der Waals surface area contributed by atoms with Crippen molar-refractivity contribution in [2.24, 2.45) is 0 Å². The van der Waals surface area contributed by atoms with E-state index >= 15 is 0 Å². The second kappa shape index (κ2) is 7.78. The minimum Gasteiger partial charge on any atom is -0.341 e. The Morgan fingerprint density at radius 1 is 1.45 bits per heavy atom. The van der Waals surface area contributed by atoms with E-state index in [1.807, 2.05) is 20.8 Å². The molecule has 1 fully saturated rings. The molecule has 5 nitrogen and oxygen atoms in total. The molecule has 1 aliphatic rings. The Morgan fingerprint density at radius 3 is 2.77 bits per heavy atom. The first-order chi connectivity index (χ1) is 10.6. The van der Waals surface area contributed by atoms with Crippen LogP contribution in [0.1, 0.15) is 23.7 Å². The van der Waals surface area contributed by atoms with Gasteiger partial charge in [0.2, 0.25) is 11.8 Å². The summed E-state index contributed by atoms with van der Waals surface area (Å²) in [6, 6.07) is -0.342. The standard InChI is InChI=1S/C15H21N3O2S2/c1-4-17(5-2)15(20)13-9-21-10-18(13)14(19)7-6-12-8-16-11(3)22-12/h6-8,13H,4-5,9-10H2,1-3H3. The van der Waals surface area contributed by atoms with Crippen LogP contribution < -0.4 is 0 Å². The summed E-state index contributed by atoms with van der Waals surface area (Å²) in [4.78, 5) is 33.4. The third-order valence-electron chi connectivity index (χ3n) is 3.55. The average Bonchev–Trinajstić information content (AvgIpc) is 3.14. The fourth-order valence-electron chi connectivity index (χ4n) is 2.31. The zero-order valence-corrected chi connectivity index (χ0v) is 14.7. The van der Waals surface area contributed by atoms with Crippen LogP contribution in [-0.4, -0.2) is 57.4 Å². The predicted octanol–water partition coefficient (Wildman–Crippen LogP) is 2.23. The number of nitrogens with zero attached hydrogens (tertiary/aromatic N) is 3. The first kappa shape index (κ1) is 17.0. The lowest BCUT2D eigenvalue weighted by Gasteiger charge is -2.27. The molecule has 0 radical (unpaired) electrons. The molecule has 0 saturated carbocycles. The van der Waals surface area contributed by atoms with E-state index in [-0.39, 0.29) is 17.9 Å². The van der Waals surface area contributed by atoms with Gasteiger partial charge in [0.25, 0.3) is 0 Å². The van der Waals surface area contributed by atoms with Gasteiger partial charge in [0.1, 0.15) is 6.04 Å². The topological polar surface area (TPSA) is 53.5 Å². The highest BCUT2D eigenvalue weighted by molar-refractivity contribution is 7.99. The molecule has 0 bridgehead atoms. The lowest BCUT2D eigenvalue weighted by atomic mass is 10.2. The van der Waals surface area contributed by atoms with Crippen molar-refractivity contribution in [3.63, 3.8) is 0 Å². The van der Waals surface area contributed by atoms with E-state index in [9.17, 15) is 9.59 Å². The molecule has 1 atom stereocenters. The maximum absolute atomic E-state index is 12.5. The van der Waals surface area contributed by atoms with Crippen molar-refractivity contribution in [3.05, 3.63) is 22.2 Å². The summed E-state index contributed by atoms with van der Waals surface area (Å²) < 4.78 is 0. The molecule has 1 aliphatic heterocycles. The number of likely N-dealkylation sites (N-methyl/N-ethyl adjacent to an activating group) is 1. The zero-order chi connectivity index (χ0) is 16.1. The number of amides is 2. The van der Waals surface area contributed by atoms with Crippen molar-refractivity contribution < 1.29 is 9.59 Å². The highest BCUT2D eigenvalue weighted by Crippen LogP contribution is 2.23. The SMILES string of the molecule is CCN(CC)C(=O)C1CSCN1C(=O)C=Cc1cnc(C)s1. The molecule has 2 rings (SSSR count). The highest BCUT2D eigenvalue weighted by atomic mass is 32.2. The van der Waals surface area contributed by atoms with E-state index in [0.29, 0.717) is 24.7 Å². The Kier molecular flexibility index (Phi) is 6.02. The van der Waals surface area contributed by atoms with Gasteiger partial charge in [-0.05, 0) is 26.8 Å². The Hall–Kier alpha value is -1.34. The van der Waals surface area contributed by atoms with Crippen LogP contribution in [0.15, 0.2) is 12.3 Å². The summed E-state index contributed by atoms with van der Waals surface area (Å²) in [5.74, 6) is 1.18. The van der Waals surface area contributed by atoms with Crippen LogP contribution in [0.25, 0.3) is 6.08 Å². The summed E-state index contributed by atoms with van der Waals surface area (Å²) in [6.45, 7) is 7.20. The molecule has 7 heteroatoms. The predicted molar refractivity (Wildman–Crippen MR) is 91.8 cm³/mol. The van der Waals surface area contributed by atoms with Crippen LogP contribution in [0.2, 0.25) is 0 Å². The molecular formula is C15H21N3O2S2. The van der Waals surface area contributed by atoms with Crippen molar-refractivity contribution >= 4 is 41.0 Å². The molecule has 2 amide bonds. The van der Waals surface area contributed by atoms with Gasteiger partial charge >= 0.3 is 0 Å². The number of thiazole rings is 1. The van der Waals surface area contributed by atoms with Crippen LogP contribution in [0.4, 0.5) is 0 Å². The number of hydrogen-bond donors (Lipinski definition) is 0. The first-order valence-corrected chi connectivity index (χ1v) is 9.31. The second-order valence-electron chi connectivity index (χ2n) is 4.95. The van der Waals surface area contributed by atoms with Gasteiger partial charge in [-0.25, -0.2) is 4.98 Å². The Bertz CT molecular complexity index is 567. The molecule has 120 valence electrons. The largest absolute Gasteiger partial charge is 0.341 e. The van der Waals surface area contributed by atoms with Crippen LogP contribution in [0, 0.1) is 6.92 Å². The van der Waals surface area contributed by atoms with E-state index in [2.05, 4.69) is 4.98 Å². The maximum atomic E-state index is 12.5. The van der Waals surface area contributed by atoms with Crippen LogP contribution in [0.5, 0.6) is 0 Å². The number of rotatable bonds is 5. The molecule has 1 aromatic heterocycles. The molecule has 0 N–H and O–H groups in total. The summed E-state index contributed by atoms with van der Waals surface area (Å²) in [5, 5.41) is 0.971. The van der Waals surface area contributed by atoms with Crippen molar-refractivity contribution in [2.45, 2.75) is 26.8 Å². The van der Waals surface area contributed by atoms with Gasteiger partial charge in [-0.15, -0.1) is 23.1 Å². The van der Waals surface area contributed by atoms with Gasteiger partial charge in [0.05, 0.1) is 10.9 Å². The van der Waals surface area contributed by atoms with Crippen molar-refractivity contribution in [3.8, 4) is 0 Å². The van der Waals surface area contributed by atoms with Gasteiger partial charge in [0, 0.05) is 36.0 Å². The van der Waals surface area contributed by atoms with E-state index in [4.69, 9.17) is 0 Å². The van der Waals surface area contributed by atoms with Crippen molar-refractivity contribution in [1.82, 2.24) is 14.8 Å². The van der Waals surface area contributed by atoms with Gasteiger partial charge in [-0.2, -0.15) is 0 Å². The molecule has 0 spiro atoms. The molecule has 1 saturated heterocycles. The normalized spacial score (nSPS) is 18.1. The third kappa shape index (κ3) is 3.89. The number of hydrogen-bond acceptors (Lipinski definition) is 5. The molecule has 0 aromatic carbocycles. The minimum atomic E-state index is -0.342. The average molecular weight is 339 g/mol. The monoisotopic (exact) mass is 339 g/mol.